The average Bonchev–Trinajstić information content (AvgIpc) is 3.55. The molecule has 5 rings (SSSR count). The molecule has 0 unspecified atom stereocenters. The summed E-state index contributed by atoms with van der Waals surface area (Å²) in [7, 11) is 0. The number of carbonyl (C=O) groups excluding carboxylic acids is 2. The zero-order chi connectivity index (χ0) is 23.5. The minimum atomic E-state index is -0.257. The van der Waals surface area contributed by atoms with E-state index in [2.05, 4.69) is 20.3 Å². The topological polar surface area (TPSA) is 106 Å². The number of aromatic nitrogens is 3. The van der Waals surface area contributed by atoms with Crippen LogP contribution in [0.1, 0.15) is 23.3 Å². The first-order valence-electron chi connectivity index (χ1n) is 11.1. The van der Waals surface area contributed by atoms with Crippen LogP contribution in [0.5, 0.6) is 0 Å². The standard InChI is InChI=1S/C25H24N6O2S/c26-23(32)17-10-12-30(13-11-17)20-8-6-19(7-9-20)28-24(33)22-16-34-25(29-22)18-14-27-31(15-18)21-4-2-1-3-5-21/h1-9,14-17H,10-13H2,(H2,26,32)(H,28,33). The summed E-state index contributed by atoms with van der Waals surface area (Å²) >= 11 is 1.41. The molecule has 2 aromatic carbocycles. The maximum absolute atomic E-state index is 12.7. The highest BCUT2D eigenvalue weighted by molar-refractivity contribution is 7.13. The van der Waals surface area contributed by atoms with Gasteiger partial charge in [0.05, 0.1) is 11.9 Å². The van der Waals surface area contributed by atoms with Gasteiger partial charge in [-0.25, -0.2) is 9.67 Å². The Bertz CT molecular complexity index is 1290. The third-order valence-corrected chi connectivity index (χ3v) is 6.87. The van der Waals surface area contributed by atoms with Crippen molar-refractivity contribution in [3.63, 3.8) is 0 Å². The fourth-order valence-corrected chi connectivity index (χ4v) is 4.81. The summed E-state index contributed by atoms with van der Waals surface area (Å²) in [6.07, 6.45) is 5.19. The molecule has 0 atom stereocenters. The molecular formula is C25H24N6O2S. The van der Waals surface area contributed by atoms with Crippen molar-refractivity contribution in [3.05, 3.63) is 78.1 Å². The predicted octanol–water partition coefficient (Wildman–Crippen LogP) is 3.95. The van der Waals surface area contributed by atoms with E-state index in [4.69, 9.17) is 5.73 Å². The van der Waals surface area contributed by atoms with Gasteiger partial charge in [0.2, 0.25) is 5.91 Å². The Morgan fingerprint density at radius 1 is 1.00 bits per heavy atom. The Balaban J connectivity index is 1.21. The summed E-state index contributed by atoms with van der Waals surface area (Å²) in [5.41, 5.74) is 9.37. The summed E-state index contributed by atoms with van der Waals surface area (Å²) in [5.74, 6) is -0.508. The molecule has 0 aliphatic carbocycles. The van der Waals surface area contributed by atoms with Crippen LogP contribution in [0.3, 0.4) is 0 Å². The molecule has 3 heterocycles. The number of primary amides is 1. The van der Waals surface area contributed by atoms with Crippen LogP contribution in [0.25, 0.3) is 16.3 Å². The molecule has 34 heavy (non-hydrogen) atoms. The molecular weight excluding hydrogens is 448 g/mol. The number of hydrogen-bond donors (Lipinski definition) is 2. The highest BCUT2D eigenvalue weighted by atomic mass is 32.1. The van der Waals surface area contributed by atoms with Gasteiger partial charge in [0.1, 0.15) is 10.7 Å². The average molecular weight is 473 g/mol. The van der Waals surface area contributed by atoms with Crippen molar-refractivity contribution in [3.8, 4) is 16.3 Å². The second-order valence-corrected chi connectivity index (χ2v) is 9.07. The van der Waals surface area contributed by atoms with Crippen molar-refractivity contribution in [1.29, 1.82) is 0 Å². The van der Waals surface area contributed by atoms with Gasteiger partial charge >= 0.3 is 0 Å². The normalized spacial score (nSPS) is 14.2. The van der Waals surface area contributed by atoms with Gasteiger partial charge < -0.3 is 16.0 Å². The van der Waals surface area contributed by atoms with E-state index in [0.29, 0.717) is 11.4 Å². The molecule has 2 amide bonds. The van der Waals surface area contributed by atoms with Gasteiger partial charge in [-0.1, -0.05) is 18.2 Å². The number of piperidine rings is 1. The summed E-state index contributed by atoms with van der Waals surface area (Å²) in [6.45, 7) is 1.59. The number of benzene rings is 2. The molecule has 0 bridgehead atoms. The molecule has 1 saturated heterocycles. The lowest BCUT2D eigenvalue weighted by Gasteiger charge is -2.32. The molecule has 4 aromatic rings. The molecule has 1 fully saturated rings. The highest BCUT2D eigenvalue weighted by Gasteiger charge is 2.23. The van der Waals surface area contributed by atoms with Gasteiger partial charge in [-0.15, -0.1) is 11.3 Å². The molecule has 3 N–H and O–H groups in total. The van der Waals surface area contributed by atoms with E-state index in [1.54, 1.807) is 16.3 Å². The van der Waals surface area contributed by atoms with Crippen molar-refractivity contribution in [2.45, 2.75) is 12.8 Å². The minimum Gasteiger partial charge on any atom is -0.371 e. The largest absolute Gasteiger partial charge is 0.371 e. The highest BCUT2D eigenvalue weighted by Crippen LogP contribution is 2.26. The first-order chi connectivity index (χ1) is 16.6. The number of amides is 2. The van der Waals surface area contributed by atoms with Crippen molar-refractivity contribution in [1.82, 2.24) is 14.8 Å². The number of nitrogens with two attached hydrogens (primary N) is 1. The van der Waals surface area contributed by atoms with Gasteiger partial charge in [-0.05, 0) is 49.2 Å². The van der Waals surface area contributed by atoms with Crippen molar-refractivity contribution in [2.24, 2.45) is 11.7 Å². The van der Waals surface area contributed by atoms with E-state index >= 15 is 0 Å². The lowest BCUT2D eigenvalue weighted by Crippen LogP contribution is -2.38. The van der Waals surface area contributed by atoms with Gasteiger partial charge in [-0.3, -0.25) is 9.59 Å². The van der Waals surface area contributed by atoms with Crippen LogP contribution in [0.2, 0.25) is 0 Å². The number of carbonyl (C=O) groups is 2. The van der Waals surface area contributed by atoms with Crippen molar-refractivity contribution in [2.75, 3.05) is 23.3 Å². The maximum atomic E-state index is 12.7. The van der Waals surface area contributed by atoms with Gasteiger partial charge in [-0.2, -0.15) is 5.10 Å². The van der Waals surface area contributed by atoms with E-state index in [9.17, 15) is 9.59 Å². The molecule has 0 saturated carbocycles. The van der Waals surface area contributed by atoms with Crippen LogP contribution in [-0.2, 0) is 4.79 Å². The second kappa shape index (κ2) is 9.48. The number of anilines is 2. The molecule has 9 heteroatoms. The molecule has 0 spiro atoms. The van der Waals surface area contributed by atoms with Crippen molar-refractivity contribution < 1.29 is 9.59 Å². The Hall–Kier alpha value is -3.98. The SMILES string of the molecule is NC(=O)C1CCN(c2ccc(NC(=O)c3csc(-c4cnn(-c5ccccc5)c4)n3)cc2)CC1. The summed E-state index contributed by atoms with van der Waals surface area (Å²) < 4.78 is 1.79. The van der Waals surface area contributed by atoms with Gasteiger partial charge in [0.25, 0.3) is 5.91 Å². The maximum Gasteiger partial charge on any atom is 0.275 e. The number of hydrogen-bond acceptors (Lipinski definition) is 6. The first-order valence-corrected chi connectivity index (χ1v) is 12.0. The van der Waals surface area contributed by atoms with Crippen LogP contribution in [0.15, 0.2) is 72.4 Å². The van der Waals surface area contributed by atoms with Crippen LogP contribution >= 0.6 is 11.3 Å². The third-order valence-electron chi connectivity index (χ3n) is 5.97. The lowest BCUT2D eigenvalue weighted by molar-refractivity contribution is -0.122. The van der Waals surface area contributed by atoms with E-state index in [1.807, 2.05) is 60.8 Å². The van der Waals surface area contributed by atoms with E-state index < -0.39 is 0 Å². The van der Waals surface area contributed by atoms with Crippen LogP contribution < -0.4 is 16.0 Å². The van der Waals surface area contributed by atoms with E-state index in [-0.39, 0.29) is 17.7 Å². The van der Waals surface area contributed by atoms with Gasteiger partial charge in [0.15, 0.2) is 0 Å². The molecule has 8 nitrogen and oxygen atoms in total. The van der Waals surface area contributed by atoms with E-state index in [0.717, 1.165) is 47.9 Å². The zero-order valence-electron chi connectivity index (χ0n) is 18.4. The lowest BCUT2D eigenvalue weighted by atomic mass is 9.96. The number of nitrogens with one attached hydrogen (secondary N) is 1. The number of thiazole rings is 1. The summed E-state index contributed by atoms with van der Waals surface area (Å²) in [4.78, 5) is 30.8. The van der Waals surface area contributed by atoms with Crippen LogP contribution in [0, 0.1) is 5.92 Å². The molecule has 0 radical (unpaired) electrons. The minimum absolute atomic E-state index is 0.0366. The summed E-state index contributed by atoms with van der Waals surface area (Å²) in [5, 5.41) is 9.80. The first kappa shape index (κ1) is 21.8. The Labute approximate surface area is 201 Å². The Kier molecular flexibility index (Phi) is 6.09. The molecule has 172 valence electrons. The quantitative estimate of drug-likeness (QED) is 0.442. The smallest absolute Gasteiger partial charge is 0.275 e. The fourth-order valence-electron chi connectivity index (χ4n) is 4.04. The third kappa shape index (κ3) is 4.69. The fraction of sp³-hybridized carbons (Fsp3) is 0.200. The predicted molar refractivity (Wildman–Crippen MR) is 133 cm³/mol. The summed E-state index contributed by atoms with van der Waals surface area (Å²) in [6, 6.07) is 17.5. The molecule has 2 aromatic heterocycles. The molecule has 1 aliphatic heterocycles. The van der Waals surface area contributed by atoms with Gasteiger partial charge in [0, 0.05) is 47.5 Å². The Morgan fingerprint density at radius 3 is 2.44 bits per heavy atom. The van der Waals surface area contributed by atoms with Crippen LogP contribution in [0.4, 0.5) is 11.4 Å². The number of rotatable bonds is 6. The number of para-hydroxylation sites is 1. The zero-order valence-corrected chi connectivity index (χ0v) is 19.2. The second-order valence-electron chi connectivity index (χ2n) is 8.21. The van der Waals surface area contributed by atoms with Crippen molar-refractivity contribution >= 4 is 34.5 Å². The monoisotopic (exact) mass is 472 g/mol. The number of nitrogens with zero attached hydrogens (tertiary/aromatic N) is 4. The van der Waals surface area contributed by atoms with Crippen LogP contribution in [-0.4, -0.2) is 39.7 Å². The molecule has 1 aliphatic rings. The Morgan fingerprint density at radius 2 is 1.74 bits per heavy atom. The van der Waals surface area contributed by atoms with E-state index in [1.165, 1.54) is 11.3 Å².